The van der Waals surface area contributed by atoms with Gasteiger partial charge in [0.2, 0.25) is 0 Å². The van der Waals surface area contributed by atoms with Crippen LogP contribution in [0, 0.1) is 0 Å². The predicted octanol–water partition coefficient (Wildman–Crippen LogP) is 2.83. The standard InChI is InChI=1S/C15H26N2O/c1-6-16-15(11-18-12(2)3)13-8-7-9-14(10-13)17(4)5/h7-10,12,15-16H,6,11H2,1-5H3. The van der Waals surface area contributed by atoms with Gasteiger partial charge in [0.05, 0.1) is 18.8 Å². The van der Waals surface area contributed by atoms with Crippen LogP contribution in [0.1, 0.15) is 32.4 Å². The minimum Gasteiger partial charge on any atom is -0.378 e. The third-order valence-electron chi connectivity index (χ3n) is 2.84. The van der Waals surface area contributed by atoms with Gasteiger partial charge in [-0.25, -0.2) is 0 Å². The van der Waals surface area contributed by atoms with E-state index in [-0.39, 0.29) is 12.1 Å². The highest BCUT2D eigenvalue weighted by Crippen LogP contribution is 2.20. The Morgan fingerprint density at radius 3 is 2.56 bits per heavy atom. The molecular weight excluding hydrogens is 224 g/mol. The van der Waals surface area contributed by atoms with E-state index in [1.54, 1.807) is 0 Å². The van der Waals surface area contributed by atoms with Crippen LogP contribution in [0.25, 0.3) is 0 Å². The Balaban J connectivity index is 2.80. The number of nitrogens with one attached hydrogen (secondary N) is 1. The number of likely N-dealkylation sites (N-methyl/N-ethyl adjacent to an activating group) is 1. The zero-order chi connectivity index (χ0) is 13.5. The maximum absolute atomic E-state index is 5.74. The van der Waals surface area contributed by atoms with Crippen molar-refractivity contribution in [2.75, 3.05) is 32.1 Å². The van der Waals surface area contributed by atoms with Crippen molar-refractivity contribution in [3.63, 3.8) is 0 Å². The molecule has 0 saturated carbocycles. The molecule has 0 aliphatic carbocycles. The van der Waals surface area contributed by atoms with Crippen LogP contribution in [0.15, 0.2) is 24.3 Å². The molecule has 1 rings (SSSR count). The fourth-order valence-corrected chi connectivity index (χ4v) is 1.83. The van der Waals surface area contributed by atoms with Crippen molar-refractivity contribution in [1.82, 2.24) is 5.32 Å². The van der Waals surface area contributed by atoms with Crippen molar-refractivity contribution in [2.45, 2.75) is 32.9 Å². The first-order valence-corrected chi connectivity index (χ1v) is 6.66. The van der Waals surface area contributed by atoms with Crippen LogP contribution < -0.4 is 10.2 Å². The zero-order valence-electron chi connectivity index (χ0n) is 12.2. The number of hydrogen-bond donors (Lipinski definition) is 1. The van der Waals surface area contributed by atoms with Gasteiger partial charge in [0.1, 0.15) is 0 Å². The van der Waals surface area contributed by atoms with Crippen molar-refractivity contribution in [2.24, 2.45) is 0 Å². The molecule has 18 heavy (non-hydrogen) atoms. The lowest BCUT2D eigenvalue weighted by atomic mass is 10.1. The van der Waals surface area contributed by atoms with E-state index in [1.165, 1.54) is 11.3 Å². The zero-order valence-corrected chi connectivity index (χ0v) is 12.2. The Labute approximate surface area is 111 Å². The molecule has 0 aliphatic rings. The molecule has 1 atom stereocenters. The number of anilines is 1. The van der Waals surface area contributed by atoms with Crippen LogP contribution >= 0.6 is 0 Å². The fraction of sp³-hybridized carbons (Fsp3) is 0.600. The second-order valence-corrected chi connectivity index (χ2v) is 4.98. The monoisotopic (exact) mass is 250 g/mol. The minimum atomic E-state index is 0.261. The first-order valence-electron chi connectivity index (χ1n) is 6.66. The number of benzene rings is 1. The van der Waals surface area contributed by atoms with E-state index in [0.717, 1.165) is 6.54 Å². The van der Waals surface area contributed by atoms with Gasteiger partial charge >= 0.3 is 0 Å². The molecule has 0 aromatic heterocycles. The number of hydrogen-bond acceptors (Lipinski definition) is 3. The summed E-state index contributed by atoms with van der Waals surface area (Å²) in [5, 5.41) is 3.48. The van der Waals surface area contributed by atoms with Gasteiger partial charge in [0.15, 0.2) is 0 Å². The third kappa shape index (κ3) is 4.67. The Bertz CT molecular complexity index is 350. The predicted molar refractivity (Wildman–Crippen MR) is 78.3 cm³/mol. The molecular formula is C15H26N2O. The Kier molecular flexibility index (Phi) is 6.16. The normalized spacial score (nSPS) is 12.8. The van der Waals surface area contributed by atoms with Gasteiger partial charge in [0, 0.05) is 19.8 Å². The van der Waals surface area contributed by atoms with Gasteiger partial charge in [-0.2, -0.15) is 0 Å². The summed E-state index contributed by atoms with van der Waals surface area (Å²) in [5.74, 6) is 0. The second-order valence-electron chi connectivity index (χ2n) is 4.98. The average Bonchev–Trinajstić information content (AvgIpc) is 2.34. The van der Waals surface area contributed by atoms with Gasteiger partial charge in [-0.1, -0.05) is 19.1 Å². The summed E-state index contributed by atoms with van der Waals surface area (Å²) in [6, 6.07) is 8.86. The average molecular weight is 250 g/mol. The highest BCUT2D eigenvalue weighted by molar-refractivity contribution is 5.47. The molecule has 0 bridgehead atoms. The first-order chi connectivity index (χ1) is 8.54. The van der Waals surface area contributed by atoms with Crippen molar-refractivity contribution in [3.05, 3.63) is 29.8 Å². The van der Waals surface area contributed by atoms with Crippen molar-refractivity contribution < 1.29 is 4.74 Å². The van der Waals surface area contributed by atoms with Crippen LogP contribution in [0.5, 0.6) is 0 Å². The number of nitrogens with zero attached hydrogens (tertiary/aromatic N) is 1. The van der Waals surface area contributed by atoms with E-state index in [0.29, 0.717) is 6.61 Å². The van der Waals surface area contributed by atoms with Crippen LogP contribution in [-0.2, 0) is 4.74 Å². The molecule has 0 amide bonds. The molecule has 0 aliphatic heterocycles. The summed E-state index contributed by atoms with van der Waals surface area (Å²) in [6.07, 6.45) is 0.267. The molecule has 0 fully saturated rings. The lowest BCUT2D eigenvalue weighted by Crippen LogP contribution is -2.26. The molecule has 0 radical (unpaired) electrons. The Morgan fingerprint density at radius 1 is 1.28 bits per heavy atom. The largest absolute Gasteiger partial charge is 0.378 e. The van der Waals surface area contributed by atoms with Crippen molar-refractivity contribution >= 4 is 5.69 Å². The summed E-state index contributed by atoms with van der Waals surface area (Å²) in [6.45, 7) is 7.91. The van der Waals surface area contributed by atoms with Crippen molar-refractivity contribution in [3.8, 4) is 0 Å². The van der Waals surface area contributed by atoms with Crippen LogP contribution in [0.4, 0.5) is 5.69 Å². The van der Waals surface area contributed by atoms with Gasteiger partial charge in [-0.05, 0) is 38.1 Å². The van der Waals surface area contributed by atoms with Gasteiger partial charge in [-0.3, -0.25) is 0 Å². The van der Waals surface area contributed by atoms with E-state index in [2.05, 4.69) is 69.3 Å². The molecule has 1 aromatic carbocycles. The van der Waals surface area contributed by atoms with E-state index in [9.17, 15) is 0 Å². The fourth-order valence-electron chi connectivity index (χ4n) is 1.83. The number of rotatable bonds is 7. The molecule has 3 heteroatoms. The smallest absolute Gasteiger partial charge is 0.0664 e. The lowest BCUT2D eigenvalue weighted by Gasteiger charge is -2.22. The molecule has 0 heterocycles. The molecule has 1 N–H and O–H groups in total. The molecule has 1 unspecified atom stereocenters. The Hall–Kier alpha value is -1.06. The molecule has 1 aromatic rings. The van der Waals surface area contributed by atoms with Crippen LogP contribution in [-0.4, -0.2) is 33.4 Å². The number of ether oxygens (including phenoxy) is 1. The summed E-state index contributed by atoms with van der Waals surface area (Å²) < 4.78 is 5.74. The van der Waals surface area contributed by atoms with Crippen molar-refractivity contribution in [1.29, 1.82) is 0 Å². The van der Waals surface area contributed by atoms with Crippen LogP contribution in [0.2, 0.25) is 0 Å². The third-order valence-corrected chi connectivity index (χ3v) is 2.84. The summed E-state index contributed by atoms with van der Waals surface area (Å²) in [5.41, 5.74) is 2.50. The maximum Gasteiger partial charge on any atom is 0.0664 e. The highest BCUT2D eigenvalue weighted by atomic mass is 16.5. The highest BCUT2D eigenvalue weighted by Gasteiger charge is 2.12. The topological polar surface area (TPSA) is 24.5 Å². The molecule has 102 valence electrons. The summed E-state index contributed by atoms with van der Waals surface area (Å²) in [7, 11) is 4.12. The van der Waals surface area contributed by atoms with Gasteiger partial charge < -0.3 is 15.0 Å². The first kappa shape index (κ1) is 15.0. The Morgan fingerprint density at radius 2 is 2.00 bits per heavy atom. The van der Waals surface area contributed by atoms with Crippen LogP contribution in [0.3, 0.4) is 0 Å². The maximum atomic E-state index is 5.74. The quantitative estimate of drug-likeness (QED) is 0.805. The SMILES string of the molecule is CCNC(COC(C)C)c1cccc(N(C)C)c1. The molecule has 3 nitrogen and oxygen atoms in total. The van der Waals surface area contributed by atoms with Gasteiger partial charge in [0.25, 0.3) is 0 Å². The van der Waals surface area contributed by atoms with E-state index < -0.39 is 0 Å². The second kappa shape index (κ2) is 7.39. The van der Waals surface area contributed by atoms with E-state index >= 15 is 0 Å². The van der Waals surface area contributed by atoms with E-state index in [1.807, 2.05) is 0 Å². The van der Waals surface area contributed by atoms with Gasteiger partial charge in [-0.15, -0.1) is 0 Å². The molecule has 0 saturated heterocycles. The minimum absolute atomic E-state index is 0.261. The molecule has 0 spiro atoms. The van der Waals surface area contributed by atoms with E-state index in [4.69, 9.17) is 4.74 Å². The summed E-state index contributed by atoms with van der Waals surface area (Å²) >= 11 is 0. The lowest BCUT2D eigenvalue weighted by molar-refractivity contribution is 0.0614. The summed E-state index contributed by atoms with van der Waals surface area (Å²) in [4.78, 5) is 2.12.